The molecule has 160 valence electrons. The minimum absolute atomic E-state index is 0.0392. The Kier molecular flexibility index (Phi) is 8.16. The number of rotatable bonds is 8. The highest BCUT2D eigenvalue weighted by atomic mass is 16.6. The lowest BCUT2D eigenvalue weighted by Crippen LogP contribution is -2.35. The number of alkyl carbamates (subject to hydrolysis) is 1. The normalized spacial score (nSPS) is 12.0. The fourth-order valence-corrected chi connectivity index (χ4v) is 2.79. The van der Waals surface area contributed by atoms with Crippen molar-refractivity contribution in [2.24, 2.45) is 0 Å². The Morgan fingerprint density at radius 3 is 2.17 bits per heavy atom. The van der Waals surface area contributed by atoms with Crippen molar-refractivity contribution in [3.8, 4) is 0 Å². The van der Waals surface area contributed by atoms with Crippen molar-refractivity contribution in [3.63, 3.8) is 0 Å². The molecule has 0 aromatic heterocycles. The molecule has 2 aromatic carbocycles. The second kappa shape index (κ2) is 10.6. The number of carbonyl (C=O) groups is 3. The van der Waals surface area contributed by atoms with Crippen LogP contribution in [0.3, 0.4) is 0 Å². The van der Waals surface area contributed by atoms with Gasteiger partial charge in [-0.15, -0.1) is 0 Å². The molecule has 2 rings (SSSR count). The van der Waals surface area contributed by atoms with Gasteiger partial charge >= 0.3 is 12.1 Å². The van der Waals surface area contributed by atoms with Gasteiger partial charge in [-0.25, -0.2) is 4.79 Å². The molecule has 0 aliphatic heterocycles. The number of esters is 1. The van der Waals surface area contributed by atoms with E-state index in [-0.39, 0.29) is 24.8 Å². The summed E-state index contributed by atoms with van der Waals surface area (Å²) in [6.45, 7) is 7.05. The van der Waals surface area contributed by atoms with E-state index < -0.39 is 17.7 Å². The molecule has 0 radical (unpaired) electrons. The SMILES string of the molecule is CC(=O)c1ccc(C(CCC(=O)OCc2ccccc2)NC(=O)OC(C)(C)C)cc1. The van der Waals surface area contributed by atoms with Gasteiger partial charge < -0.3 is 14.8 Å². The zero-order valence-corrected chi connectivity index (χ0v) is 17.9. The molecule has 0 aliphatic carbocycles. The van der Waals surface area contributed by atoms with Gasteiger partial charge in [-0.05, 0) is 45.2 Å². The summed E-state index contributed by atoms with van der Waals surface area (Å²) in [5.41, 5.74) is 1.63. The summed E-state index contributed by atoms with van der Waals surface area (Å²) in [6.07, 6.45) is -0.102. The maximum Gasteiger partial charge on any atom is 0.408 e. The Morgan fingerprint density at radius 2 is 1.60 bits per heavy atom. The lowest BCUT2D eigenvalue weighted by Gasteiger charge is -2.24. The summed E-state index contributed by atoms with van der Waals surface area (Å²) in [6, 6.07) is 15.9. The van der Waals surface area contributed by atoms with Crippen molar-refractivity contribution in [1.29, 1.82) is 0 Å². The first-order valence-electron chi connectivity index (χ1n) is 9.94. The van der Waals surface area contributed by atoms with E-state index in [0.29, 0.717) is 12.0 Å². The van der Waals surface area contributed by atoms with Crippen LogP contribution in [0.4, 0.5) is 4.79 Å². The van der Waals surface area contributed by atoms with Crippen molar-refractivity contribution in [2.45, 2.75) is 58.8 Å². The molecule has 0 heterocycles. The molecule has 1 unspecified atom stereocenters. The fourth-order valence-electron chi connectivity index (χ4n) is 2.79. The minimum atomic E-state index is -0.637. The van der Waals surface area contributed by atoms with Gasteiger partial charge in [-0.2, -0.15) is 0 Å². The van der Waals surface area contributed by atoms with E-state index in [2.05, 4.69) is 5.32 Å². The van der Waals surface area contributed by atoms with E-state index in [1.165, 1.54) is 6.92 Å². The van der Waals surface area contributed by atoms with Crippen LogP contribution in [-0.4, -0.2) is 23.4 Å². The molecule has 2 aromatic rings. The van der Waals surface area contributed by atoms with Crippen molar-refractivity contribution >= 4 is 17.8 Å². The Bertz CT molecular complexity index is 853. The van der Waals surface area contributed by atoms with E-state index >= 15 is 0 Å². The molecule has 1 N–H and O–H groups in total. The lowest BCUT2D eigenvalue weighted by molar-refractivity contribution is -0.145. The van der Waals surface area contributed by atoms with Crippen LogP contribution in [0.25, 0.3) is 0 Å². The molecule has 6 heteroatoms. The van der Waals surface area contributed by atoms with Gasteiger partial charge in [0.15, 0.2) is 5.78 Å². The molecule has 0 aliphatic rings. The van der Waals surface area contributed by atoms with Crippen molar-refractivity contribution < 1.29 is 23.9 Å². The van der Waals surface area contributed by atoms with Crippen LogP contribution in [0.2, 0.25) is 0 Å². The monoisotopic (exact) mass is 411 g/mol. The van der Waals surface area contributed by atoms with Crippen LogP contribution in [0, 0.1) is 0 Å². The van der Waals surface area contributed by atoms with Crippen LogP contribution in [-0.2, 0) is 20.9 Å². The van der Waals surface area contributed by atoms with Gasteiger partial charge in [0, 0.05) is 12.0 Å². The topological polar surface area (TPSA) is 81.7 Å². The maximum absolute atomic E-state index is 12.3. The van der Waals surface area contributed by atoms with Gasteiger partial charge in [0.2, 0.25) is 0 Å². The van der Waals surface area contributed by atoms with Crippen molar-refractivity contribution in [3.05, 3.63) is 71.3 Å². The maximum atomic E-state index is 12.3. The zero-order valence-electron chi connectivity index (χ0n) is 17.9. The molecule has 0 fully saturated rings. The number of ketones is 1. The number of amides is 1. The van der Waals surface area contributed by atoms with E-state index in [0.717, 1.165) is 11.1 Å². The summed E-state index contributed by atoms with van der Waals surface area (Å²) < 4.78 is 10.7. The summed E-state index contributed by atoms with van der Waals surface area (Å²) in [7, 11) is 0. The van der Waals surface area contributed by atoms with E-state index in [1.807, 2.05) is 30.3 Å². The smallest absolute Gasteiger partial charge is 0.408 e. The van der Waals surface area contributed by atoms with E-state index in [1.54, 1.807) is 45.0 Å². The second-order valence-electron chi connectivity index (χ2n) is 8.06. The van der Waals surface area contributed by atoms with Crippen LogP contribution < -0.4 is 5.32 Å². The minimum Gasteiger partial charge on any atom is -0.461 e. The number of hydrogen-bond acceptors (Lipinski definition) is 5. The van der Waals surface area contributed by atoms with E-state index in [4.69, 9.17) is 9.47 Å². The first kappa shape index (κ1) is 23.1. The van der Waals surface area contributed by atoms with Gasteiger partial charge in [0.1, 0.15) is 12.2 Å². The largest absolute Gasteiger partial charge is 0.461 e. The van der Waals surface area contributed by atoms with Gasteiger partial charge in [-0.3, -0.25) is 9.59 Å². The highest BCUT2D eigenvalue weighted by Gasteiger charge is 2.22. The predicted octanol–water partition coefficient (Wildman–Crippen LogP) is 4.98. The average molecular weight is 411 g/mol. The quantitative estimate of drug-likeness (QED) is 0.489. The average Bonchev–Trinajstić information content (AvgIpc) is 2.69. The summed E-state index contributed by atoms with van der Waals surface area (Å²) in [5, 5.41) is 2.81. The highest BCUT2D eigenvalue weighted by Crippen LogP contribution is 2.21. The molecule has 6 nitrogen and oxygen atoms in total. The highest BCUT2D eigenvalue weighted by molar-refractivity contribution is 5.94. The fraction of sp³-hybridized carbons (Fsp3) is 0.375. The van der Waals surface area contributed by atoms with Gasteiger partial charge in [0.25, 0.3) is 0 Å². The number of benzene rings is 2. The number of ether oxygens (including phenoxy) is 2. The standard InChI is InChI=1S/C24H29NO5/c1-17(26)19-10-12-20(13-11-19)21(25-23(28)30-24(2,3)4)14-15-22(27)29-16-18-8-6-5-7-9-18/h5-13,21H,14-16H2,1-4H3,(H,25,28). The van der Waals surface area contributed by atoms with Crippen LogP contribution >= 0.6 is 0 Å². The molecule has 0 spiro atoms. The third kappa shape index (κ3) is 8.07. The van der Waals surface area contributed by atoms with Crippen molar-refractivity contribution in [1.82, 2.24) is 5.32 Å². The van der Waals surface area contributed by atoms with Crippen LogP contribution in [0.1, 0.15) is 68.1 Å². The van der Waals surface area contributed by atoms with E-state index in [9.17, 15) is 14.4 Å². The predicted molar refractivity (Wildman–Crippen MR) is 114 cm³/mol. The Labute approximate surface area is 177 Å². The number of nitrogens with one attached hydrogen (secondary N) is 1. The molecule has 0 bridgehead atoms. The molecule has 0 saturated carbocycles. The number of carbonyl (C=O) groups excluding carboxylic acids is 3. The summed E-state index contributed by atoms with van der Waals surface area (Å²) in [5.74, 6) is -0.391. The summed E-state index contributed by atoms with van der Waals surface area (Å²) in [4.78, 5) is 36.0. The van der Waals surface area contributed by atoms with Gasteiger partial charge in [-0.1, -0.05) is 54.6 Å². The number of hydrogen-bond donors (Lipinski definition) is 1. The van der Waals surface area contributed by atoms with Crippen molar-refractivity contribution in [2.75, 3.05) is 0 Å². The molecular formula is C24H29NO5. The molecule has 1 amide bonds. The molecule has 30 heavy (non-hydrogen) atoms. The van der Waals surface area contributed by atoms with Crippen LogP contribution in [0.5, 0.6) is 0 Å². The lowest BCUT2D eigenvalue weighted by atomic mass is 10.00. The van der Waals surface area contributed by atoms with Crippen LogP contribution in [0.15, 0.2) is 54.6 Å². The zero-order chi connectivity index (χ0) is 22.1. The molecule has 1 atom stereocenters. The third-order valence-corrected chi connectivity index (χ3v) is 4.29. The Balaban J connectivity index is 2.01. The molecular weight excluding hydrogens is 382 g/mol. The Hall–Kier alpha value is -3.15. The van der Waals surface area contributed by atoms with Gasteiger partial charge in [0.05, 0.1) is 6.04 Å². The number of Topliss-reactive ketones (excluding diaryl/α,β-unsaturated/α-hetero) is 1. The first-order valence-corrected chi connectivity index (χ1v) is 9.94. The molecule has 0 saturated heterocycles. The first-order chi connectivity index (χ1) is 14.1. The summed E-state index contributed by atoms with van der Waals surface area (Å²) >= 11 is 0. The Morgan fingerprint density at radius 1 is 0.967 bits per heavy atom. The third-order valence-electron chi connectivity index (χ3n) is 4.29. The second-order valence-corrected chi connectivity index (χ2v) is 8.06.